The summed E-state index contributed by atoms with van der Waals surface area (Å²) in [6, 6.07) is 135. The fourth-order valence-electron chi connectivity index (χ4n) is 15.0. The molecule has 0 amide bonds. The van der Waals surface area contributed by atoms with Crippen molar-refractivity contribution in [1.29, 1.82) is 0 Å². The van der Waals surface area contributed by atoms with Gasteiger partial charge in [-0.1, -0.05) is 279 Å². The smallest absolute Gasteiger partial charge is 0.0640 e. The van der Waals surface area contributed by atoms with E-state index in [2.05, 4.69) is 374 Å². The van der Waals surface area contributed by atoms with Gasteiger partial charge in [0.1, 0.15) is 0 Å². The number of thiophene rings is 2. The summed E-state index contributed by atoms with van der Waals surface area (Å²) < 4.78 is 5.09. The summed E-state index contributed by atoms with van der Waals surface area (Å²) in [7, 11) is 0. The van der Waals surface area contributed by atoms with E-state index in [1.807, 2.05) is 22.7 Å². The minimum atomic E-state index is 1.09. The van der Waals surface area contributed by atoms with Gasteiger partial charge in [0, 0.05) is 63.5 Å². The number of hydrogen-bond acceptors (Lipinski definition) is 4. The van der Waals surface area contributed by atoms with Gasteiger partial charge >= 0.3 is 0 Å². The predicted octanol–water partition coefficient (Wildman–Crippen LogP) is 28.0. The molecule has 19 aromatic rings. The number of rotatable bonds is 12. The maximum Gasteiger partial charge on any atom is 0.0640 e. The van der Waals surface area contributed by atoms with Crippen molar-refractivity contribution in [3.63, 3.8) is 0 Å². The predicted molar refractivity (Wildman–Crippen MR) is 424 cm³/mol. The topological polar surface area (TPSA) is 6.48 Å². The summed E-state index contributed by atoms with van der Waals surface area (Å²) in [5, 5.41) is 14.8. The van der Waals surface area contributed by atoms with Crippen LogP contribution in [-0.4, -0.2) is 0 Å². The third-order valence-electron chi connectivity index (χ3n) is 19.8. The molecule has 0 atom stereocenters. The van der Waals surface area contributed by atoms with Gasteiger partial charge in [0.05, 0.1) is 21.8 Å². The molecule has 4 heteroatoms. The van der Waals surface area contributed by atoms with E-state index in [1.54, 1.807) is 0 Å². The Morgan fingerprint density at radius 2 is 0.551 bits per heavy atom. The van der Waals surface area contributed by atoms with Crippen molar-refractivity contribution >= 4 is 140 Å². The third kappa shape index (κ3) is 10.1. The molecule has 2 nitrogen and oxygen atoms in total. The lowest BCUT2D eigenvalue weighted by molar-refractivity contribution is 1.31. The molecule has 0 fully saturated rings. The molecule has 2 aromatic heterocycles. The van der Waals surface area contributed by atoms with Crippen molar-refractivity contribution in [1.82, 2.24) is 0 Å². The Morgan fingerprint density at radius 1 is 0.163 bits per heavy atom. The molecule has 0 spiro atoms. The minimum absolute atomic E-state index is 1.09. The number of benzene rings is 17. The maximum absolute atomic E-state index is 2.54. The Labute approximate surface area is 576 Å². The van der Waals surface area contributed by atoms with Gasteiger partial charge in [-0.25, -0.2) is 0 Å². The van der Waals surface area contributed by atoms with E-state index in [-0.39, 0.29) is 0 Å². The second-order valence-corrected chi connectivity index (χ2v) is 27.7. The molecular formula is C94H60N2S2. The Kier molecular flexibility index (Phi) is 14.0. The van der Waals surface area contributed by atoms with E-state index in [1.165, 1.54) is 117 Å². The van der Waals surface area contributed by atoms with Gasteiger partial charge in [-0.2, -0.15) is 0 Å². The molecule has 19 rings (SSSR count). The molecule has 17 aromatic carbocycles. The van der Waals surface area contributed by atoms with Crippen LogP contribution >= 0.6 is 22.7 Å². The first-order valence-electron chi connectivity index (χ1n) is 33.5. The van der Waals surface area contributed by atoms with E-state index in [4.69, 9.17) is 0 Å². The van der Waals surface area contributed by atoms with Gasteiger partial charge < -0.3 is 9.80 Å². The normalized spacial score (nSPS) is 11.7. The zero-order valence-corrected chi connectivity index (χ0v) is 55.0. The van der Waals surface area contributed by atoms with Crippen molar-refractivity contribution in [2.75, 3.05) is 9.80 Å². The first kappa shape index (κ1) is 57.3. The SMILES string of the molecule is c1ccc(-c2ccc(-c3ccc(-c4ccc(N(c5ccc6c(c5)sc5ccccc56)c5cc6cc(-c7cccc(-c8cc(-c9ccccc9)cc(N(c9cc%10ccccc%10c%10ccccc9%10)c9cccc%10c9sc9ccccc9%10)c8)c7)ccc6c6ccccc56)cc4)cc3)cc2)cc1. The lowest BCUT2D eigenvalue weighted by Gasteiger charge is -2.29. The summed E-state index contributed by atoms with van der Waals surface area (Å²) in [6.07, 6.45) is 0. The highest BCUT2D eigenvalue weighted by Gasteiger charge is 2.24. The number of anilines is 6. The average molecular weight is 1280 g/mol. The van der Waals surface area contributed by atoms with Gasteiger partial charge in [-0.15, -0.1) is 22.7 Å². The van der Waals surface area contributed by atoms with E-state index in [9.17, 15) is 0 Å². The zero-order valence-electron chi connectivity index (χ0n) is 53.4. The lowest BCUT2D eigenvalue weighted by atomic mass is 9.93. The Morgan fingerprint density at radius 3 is 1.19 bits per heavy atom. The van der Waals surface area contributed by atoms with Crippen LogP contribution in [0.15, 0.2) is 364 Å². The molecule has 0 aliphatic heterocycles. The molecule has 0 saturated carbocycles. The highest BCUT2D eigenvalue weighted by molar-refractivity contribution is 7.26. The summed E-state index contributed by atoms with van der Waals surface area (Å²) >= 11 is 3.73. The molecule has 0 N–H and O–H groups in total. The highest BCUT2D eigenvalue weighted by atomic mass is 32.1. The number of nitrogens with zero attached hydrogens (tertiary/aromatic N) is 2. The van der Waals surface area contributed by atoms with Crippen LogP contribution in [0.4, 0.5) is 34.1 Å². The minimum Gasteiger partial charge on any atom is -0.310 e. The lowest BCUT2D eigenvalue weighted by Crippen LogP contribution is -2.11. The number of hydrogen-bond donors (Lipinski definition) is 0. The zero-order chi connectivity index (χ0) is 64.6. The van der Waals surface area contributed by atoms with Crippen LogP contribution in [0.25, 0.3) is 150 Å². The fourth-order valence-corrected chi connectivity index (χ4v) is 17.3. The molecule has 98 heavy (non-hydrogen) atoms. The van der Waals surface area contributed by atoms with Crippen LogP contribution in [0.2, 0.25) is 0 Å². The molecule has 0 saturated heterocycles. The van der Waals surface area contributed by atoms with E-state index < -0.39 is 0 Å². The van der Waals surface area contributed by atoms with Crippen molar-refractivity contribution in [3.05, 3.63) is 364 Å². The van der Waals surface area contributed by atoms with Crippen LogP contribution in [0.3, 0.4) is 0 Å². The summed E-state index contributed by atoms with van der Waals surface area (Å²) in [6.45, 7) is 0. The van der Waals surface area contributed by atoms with E-state index in [0.29, 0.717) is 0 Å². The van der Waals surface area contributed by atoms with E-state index in [0.717, 1.165) is 67.5 Å². The van der Waals surface area contributed by atoms with Crippen molar-refractivity contribution in [2.45, 2.75) is 0 Å². The standard InChI is InChI=1S/C94H60N2S2/c1-3-19-61(20-4-1)63-37-39-64(40-38-63)65-41-43-66(44-42-65)67-45-48-75(49-46-67)95(76-50-52-86-84-31-13-15-35-91(84)97-93(86)60-76)89-59-74-54-70(47-51-79(74)81-28-10-11-29-82(81)89)68-24-17-25-69(53-68)73-55-72(62-21-5-2-6-22-62)56-77(57-73)96(88-34-18-33-87-85-32-14-16-36-92(85)98-94(87)88)90-58-71-23-7-8-26-78(71)80-27-9-12-30-83(80)90/h1-60H. The van der Waals surface area contributed by atoms with Crippen molar-refractivity contribution in [3.8, 4) is 66.8 Å². The molecular weight excluding hydrogens is 1220 g/mol. The van der Waals surface area contributed by atoms with Crippen LogP contribution in [0.5, 0.6) is 0 Å². The van der Waals surface area contributed by atoms with Crippen LogP contribution < -0.4 is 9.80 Å². The highest BCUT2D eigenvalue weighted by Crippen LogP contribution is 2.51. The fraction of sp³-hybridized carbons (Fsp3) is 0. The van der Waals surface area contributed by atoms with Gasteiger partial charge in [0.25, 0.3) is 0 Å². The van der Waals surface area contributed by atoms with Crippen LogP contribution in [0, 0.1) is 0 Å². The molecule has 0 bridgehead atoms. The quantitative estimate of drug-likeness (QED) is 0.113. The van der Waals surface area contributed by atoms with Crippen LogP contribution in [0.1, 0.15) is 0 Å². The van der Waals surface area contributed by atoms with Gasteiger partial charge in [-0.05, 0) is 184 Å². The first-order valence-corrected chi connectivity index (χ1v) is 35.1. The van der Waals surface area contributed by atoms with Crippen LogP contribution in [-0.2, 0) is 0 Å². The Balaban J connectivity index is 0.737. The maximum atomic E-state index is 2.54. The van der Waals surface area contributed by atoms with Gasteiger partial charge in [0.2, 0.25) is 0 Å². The van der Waals surface area contributed by atoms with Crippen molar-refractivity contribution < 1.29 is 0 Å². The molecule has 0 aliphatic carbocycles. The van der Waals surface area contributed by atoms with Gasteiger partial charge in [0.15, 0.2) is 0 Å². The summed E-state index contributed by atoms with van der Waals surface area (Å²) in [5.74, 6) is 0. The summed E-state index contributed by atoms with van der Waals surface area (Å²) in [5.41, 5.74) is 20.7. The molecule has 0 aliphatic rings. The first-order chi connectivity index (χ1) is 48.5. The molecule has 0 unspecified atom stereocenters. The van der Waals surface area contributed by atoms with E-state index >= 15 is 0 Å². The second-order valence-electron chi connectivity index (χ2n) is 25.5. The monoisotopic (exact) mass is 1280 g/mol. The molecule has 0 radical (unpaired) electrons. The third-order valence-corrected chi connectivity index (χ3v) is 22.1. The largest absolute Gasteiger partial charge is 0.310 e. The molecule has 2 heterocycles. The second kappa shape index (κ2) is 23.9. The average Bonchev–Trinajstić information content (AvgIpc) is 1.16. The summed E-state index contributed by atoms with van der Waals surface area (Å²) in [4.78, 5) is 5.02. The Hall–Kier alpha value is -12.2. The van der Waals surface area contributed by atoms with Gasteiger partial charge in [-0.3, -0.25) is 0 Å². The van der Waals surface area contributed by atoms with Crippen molar-refractivity contribution in [2.24, 2.45) is 0 Å². The molecule has 458 valence electrons. The Bertz CT molecular complexity index is 6290. The number of fused-ring (bicyclic) bond motifs is 12.